The molecule has 5 heteroatoms. The van der Waals surface area contributed by atoms with Crippen LogP contribution in [0.4, 0.5) is 5.69 Å². The minimum Gasteiger partial charge on any atom is -0.464 e. The van der Waals surface area contributed by atoms with Crippen LogP contribution in [-0.4, -0.2) is 48.4 Å². The minimum absolute atomic E-state index is 0.291. The number of hydrogen-bond acceptors (Lipinski definition) is 4. The summed E-state index contributed by atoms with van der Waals surface area (Å²) in [6, 6.07) is 10.7. The second kappa shape index (κ2) is 7.58. The van der Waals surface area contributed by atoms with Crippen LogP contribution >= 0.6 is 0 Å². The summed E-state index contributed by atoms with van der Waals surface area (Å²) in [5.41, 5.74) is 5.05. The van der Waals surface area contributed by atoms with Crippen molar-refractivity contribution in [2.75, 3.05) is 13.7 Å². The Labute approximate surface area is 191 Å². The molecule has 32 heavy (non-hydrogen) atoms. The van der Waals surface area contributed by atoms with Crippen LogP contribution in [0, 0.1) is 5.92 Å². The average Bonchev–Trinajstić information content (AvgIpc) is 3.37. The molecule has 0 saturated heterocycles. The van der Waals surface area contributed by atoms with E-state index in [1.807, 2.05) is 0 Å². The molecule has 0 amide bonds. The molecule has 168 valence electrons. The maximum absolute atomic E-state index is 12.4. The van der Waals surface area contributed by atoms with Crippen molar-refractivity contribution >= 4 is 17.4 Å². The SMILES string of the molecule is COC(=O)C1=NC2=C[N+]3(C4CCCCC4)c4ccccc4CC3C3CC(C)=CCC3N2C1. The lowest BCUT2D eigenvalue weighted by Gasteiger charge is -2.48. The highest BCUT2D eigenvalue weighted by atomic mass is 16.5. The highest BCUT2D eigenvalue weighted by Gasteiger charge is 2.58. The van der Waals surface area contributed by atoms with Gasteiger partial charge in [-0.3, -0.25) is 4.48 Å². The van der Waals surface area contributed by atoms with Crippen molar-refractivity contribution in [2.24, 2.45) is 10.9 Å². The molecule has 1 fully saturated rings. The molecule has 0 N–H and O–H groups in total. The molecule has 5 nitrogen and oxygen atoms in total. The normalized spacial score (nSPS) is 33.8. The molecule has 1 aromatic rings. The Morgan fingerprint density at radius 1 is 1.16 bits per heavy atom. The fourth-order valence-electron chi connectivity index (χ4n) is 7.46. The van der Waals surface area contributed by atoms with Gasteiger partial charge in [0.05, 0.1) is 19.7 Å². The van der Waals surface area contributed by atoms with E-state index in [1.165, 1.54) is 56.0 Å². The van der Waals surface area contributed by atoms with Crippen LogP contribution in [0.2, 0.25) is 0 Å². The molecule has 3 aliphatic heterocycles. The summed E-state index contributed by atoms with van der Waals surface area (Å²) in [6.45, 7) is 2.87. The monoisotopic (exact) mass is 432 g/mol. The zero-order valence-corrected chi connectivity index (χ0v) is 19.3. The Morgan fingerprint density at radius 3 is 2.78 bits per heavy atom. The number of para-hydroxylation sites is 1. The first kappa shape index (κ1) is 20.2. The lowest BCUT2D eigenvalue weighted by Crippen LogP contribution is -2.61. The molecule has 6 rings (SSSR count). The molecule has 2 aliphatic carbocycles. The summed E-state index contributed by atoms with van der Waals surface area (Å²) in [4.78, 5) is 19.8. The Morgan fingerprint density at radius 2 is 1.97 bits per heavy atom. The highest BCUT2D eigenvalue weighted by Crippen LogP contribution is 2.53. The molecule has 3 heterocycles. The Balaban J connectivity index is 1.57. The Kier molecular flexibility index (Phi) is 4.79. The second-order valence-electron chi connectivity index (χ2n) is 10.4. The maximum Gasteiger partial charge on any atom is 0.354 e. The first-order valence-electron chi connectivity index (χ1n) is 12.4. The van der Waals surface area contributed by atoms with E-state index in [9.17, 15) is 4.79 Å². The number of benzene rings is 1. The van der Waals surface area contributed by atoms with Gasteiger partial charge in [-0.15, -0.1) is 0 Å². The number of ether oxygens (including phenoxy) is 1. The largest absolute Gasteiger partial charge is 0.464 e. The Bertz CT molecular complexity index is 1040. The summed E-state index contributed by atoms with van der Waals surface area (Å²) in [5.74, 6) is 1.26. The molecule has 4 atom stereocenters. The van der Waals surface area contributed by atoms with Crippen LogP contribution in [0.5, 0.6) is 0 Å². The van der Waals surface area contributed by atoms with Gasteiger partial charge in [0, 0.05) is 36.8 Å². The number of hydrogen-bond donors (Lipinski definition) is 0. The third-order valence-electron chi connectivity index (χ3n) is 8.83. The number of esters is 1. The average molecular weight is 433 g/mol. The number of aliphatic imine (C=N–C) groups is 1. The molecule has 0 radical (unpaired) electrons. The minimum atomic E-state index is -0.291. The van der Waals surface area contributed by atoms with Gasteiger partial charge in [-0.05, 0) is 38.7 Å². The molecule has 1 aromatic carbocycles. The van der Waals surface area contributed by atoms with Crippen molar-refractivity contribution in [3.63, 3.8) is 0 Å². The van der Waals surface area contributed by atoms with Crippen LogP contribution < -0.4 is 4.48 Å². The van der Waals surface area contributed by atoms with Gasteiger partial charge in [0.15, 0.2) is 5.82 Å². The van der Waals surface area contributed by atoms with E-state index >= 15 is 0 Å². The molecular formula is C27H34N3O2+. The Hall–Kier alpha value is -2.40. The van der Waals surface area contributed by atoms with E-state index in [0.29, 0.717) is 36.3 Å². The summed E-state index contributed by atoms with van der Waals surface area (Å²) in [5, 5.41) is 0. The topological polar surface area (TPSA) is 41.9 Å². The number of allylic oxidation sites excluding steroid dienone is 1. The number of carbonyl (C=O) groups is 1. The van der Waals surface area contributed by atoms with Gasteiger partial charge in [0.2, 0.25) is 0 Å². The van der Waals surface area contributed by atoms with E-state index in [0.717, 1.165) is 29.6 Å². The van der Waals surface area contributed by atoms with Gasteiger partial charge >= 0.3 is 5.97 Å². The number of rotatable bonds is 2. The van der Waals surface area contributed by atoms with E-state index < -0.39 is 0 Å². The van der Waals surface area contributed by atoms with Gasteiger partial charge < -0.3 is 9.64 Å². The van der Waals surface area contributed by atoms with Crippen molar-refractivity contribution in [3.8, 4) is 0 Å². The second-order valence-corrected chi connectivity index (χ2v) is 10.4. The van der Waals surface area contributed by atoms with Crippen LogP contribution in [-0.2, 0) is 16.0 Å². The predicted molar refractivity (Wildman–Crippen MR) is 127 cm³/mol. The van der Waals surface area contributed by atoms with Crippen molar-refractivity contribution in [1.29, 1.82) is 0 Å². The summed E-state index contributed by atoms with van der Waals surface area (Å²) >= 11 is 0. The number of methoxy groups -OCH3 is 1. The summed E-state index contributed by atoms with van der Waals surface area (Å²) < 4.78 is 6.01. The number of nitrogens with zero attached hydrogens (tertiary/aromatic N) is 3. The molecule has 0 spiro atoms. The standard InChI is InChI=1S/C27H34N3O2/c1-18-12-13-23-21(14-18)25-15-19-8-6-7-11-24(19)30(25,20-9-4-3-5-10-20)17-26-28-22(16-29(23)26)27(31)32-2/h6-8,11-12,17,20-21,23,25H,3-5,9-10,13-16H2,1-2H3/q+1. The maximum atomic E-state index is 12.4. The van der Waals surface area contributed by atoms with Crippen LogP contribution in [0.15, 0.2) is 52.9 Å². The first-order valence-corrected chi connectivity index (χ1v) is 12.4. The van der Waals surface area contributed by atoms with Crippen LogP contribution in [0.1, 0.15) is 57.4 Å². The van der Waals surface area contributed by atoms with Crippen molar-refractivity contribution in [2.45, 2.75) is 76.4 Å². The third kappa shape index (κ3) is 2.86. The quantitative estimate of drug-likeness (QED) is 0.386. The lowest BCUT2D eigenvalue weighted by atomic mass is 9.77. The van der Waals surface area contributed by atoms with Gasteiger partial charge in [0.1, 0.15) is 23.6 Å². The highest BCUT2D eigenvalue weighted by molar-refractivity contribution is 6.38. The fourth-order valence-corrected chi connectivity index (χ4v) is 7.46. The fraction of sp³-hybridized carbons (Fsp3) is 0.556. The molecular weight excluding hydrogens is 398 g/mol. The van der Waals surface area contributed by atoms with E-state index in [-0.39, 0.29) is 5.97 Å². The molecule has 1 saturated carbocycles. The molecule has 0 bridgehead atoms. The van der Waals surface area contributed by atoms with E-state index in [2.05, 4.69) is 48.4 Å². The summed E-state index contributed by atoms with van der Waals surface area (Å²) in [6.07, 6.45) is 14.7. The van der Waals surface area contributed by atoms with Gasteiger partial charge in [0.25, 0.3) is 0 Å². The van der Waals surface area contributed by atoms with Crippen molar-refractivity contribution < 1.29 is 9.53 Å². The van der Waals surface area contributed by atoms with Crippen LogP contribution in [0.3, 0.4) is 0 Å². The summed E-state index contributed by atoms with van der Waals surface area (Å²) in [7, 11) is 1.46. The predicted octanol–water partition coefficient (Wildman–Crippen LogP) is 4.72. The zero-order valence-electron chi connectivity index (χ0n) is 19.3. The number of fused-ring (bicyclic) bond motifs is 7. The molecule has 4 unspecified atom stereocenters. The molecule has 0 aromatic heterocycles. The van der Waals surface area contributed by atoms with Gasteiger partial charge in [-0.2, -0.15) is 0 Å². The lowest BCUT2D eigenvalue weighted by molar-refractivity contribution is -0.132. The van der Waals surface area contributed by atoms with Crippen LogP contribution in [0.25, 0.3) is 0 Å². The van der Waals surface area contributed by atoms with Crippen molar-refractivity contribution in [3.05, 3.63) is 53.5 Å². The third-order valence-corrected chi connectivity index (χ3v) is 8.83. The number of quaternary nitrogens is 1. The molecule has 5 aliphatic rings. The first-order chi connectivity index (χ1) is 15.6. The van der Waals surface area contributed by atoms with E-state index in [4.69, 9.17) is 9.73 Å². The smallest absolute Gasteiger partial charge is 0.354 e. The van der Waals surface area contributed by atoms with Gasteiger partial charge in [-0.25, -0.2) is 9.79 Å². The van der Waals surface area contributed by atoms with Crippen molar-refractivity contribution in [1.82, 2.24) is 9.38 Å². The van der Waals surface area contributed by atoms with Gasteiger partial charge in [-0.1, -0.05) is 36.3 Å². The number of carbonyl (C=O) groups excluding carboxylic acids is 1. The van der Waals surface area contributed by atoms with E-state index in [1.54, 1.807) is 0 Å². The zero-order chi connectivity index (χ0) is 21.9.